The minimum absolute atomic E-state index is 0.608. The van der Waals surface area contributed by atoms with Gasteiger partial charge < -0.3 is 4.42 Å². The normalized spacial score (nSPS) is 11.3. The van der Waals surface area contributed by atoms with Gasteiger partial charge in [0, 0.05) is 31.9 Å². The summed E-state index contributed by atoms with van der Waals surface area (Å²) in [6.45, 7) is 0. The SMILES string of the molecule is Brc1cccc(-c2nc(-c3ccccc3)nc(-c3ccc4c(c3)oc3ccccc34)n2)c1. The van der Waals surface area contributed by atoms with Gasteiger partial charge >= 0.3 is 0 Å². The zero-order valence-electron chi connectivity index (χ0n) is 16.9. The van der Waals surface area contributed by atoms with Gasteiger partial charge in [-0.2, -0.15) is 0 Å². The lowest BCUT2D eigenvalue weighted by molar-refractivity contribution is 0.669. The summed E-state index contributed by atoms with van der Waals surface area (Å²) >= 11 is 3.55. The first-order valence-electron chi connectivity index (χ1n) is 10.2. The molecular formula is C27H16BrN3O. The van der Waals surface area contributed by atoms with Crippen molar-refractivity contribution in [2.75, 3.05) is 0 Å². The van der Waals surface area contributed by atoms with Crippen LogP contribution in [-0.4, -0.2) is 15.0 Å². The highest BCUT2D eigenvalue weighted by Crippen LogP contribution is 2.32. The molecule has 0 unspecified atom stereocenters. The predicted molar refractivity (Wildman–Crippen MR) is 131 cm³/mol. The van der Waals surface area contributed by atoms with E-state index in [0.29, 0.717) is 17.5 Å². The summed E-state index contributed by atoms with van der Waals surface area (Å²) in [5.74, 6) is 1.87. The molecule has 0 amide bonds. The molecule has 0 aliphatic carbocycles. The lowest BCUT2D eigenvalue weighted by Crippen LogP contribution is -2.00. The third-order valence-electron chi connectivity index (χ3n) is 5.39. The molecule has 0 radical (unpaired) electrons. The van der Waals surface area contributed by atoms with Crippen molar-refractivity contribution < 1.29 is 4.42 Å². The molecule has 0 saturated heterocycles. The molecule has 0 saturated carbocycles. The minimum atomic E-state index is 0.608. The second-order valence-corrected chi connectivity index (χ2v) is 8.41. The van der Waals surface area contributed by atoms with E-state index in [1.807, 2.05) is 84.9 Å². The molecule has 0 aliphatic rings. The molecule has 6 rings (SSSR count). The number of hydrogen-bond donors (Lipinski definition) is 0. The van der Waals surface area contributed by atoms with Gasteiger partial charge in [0.25, 0.3) is 0 Å². The Labute approximate surface area is 192 Å². The molecule has 2 aromatic heterocycles. The van der Waals surface area contributed by atoms with E-state index in [1.165, 1.54) is 0 Å². The van der Waals surface area contributed by atoms with E-state index in [9.17, 15) is 0 Å². The van der Waals surface area contributed by atoms with Crippen molar-refractivity contribution in [2.24, 2.45) is 0 Å². The first-order valence-corrected chi connectivity index (χ1v) is 11.0. The minimum Gasteiger partial charge on any atom is -0.456 e. The van der Waals surface area contributed by atoms with Crippen LogP contribution in [0, 0.1) is 0 Å². The summed E-state index contributed by atoms with van der Waals surface area (Å²) in [7, 11) is 0. The Balaban J connectivity index is 1.56. The number of hydrogen-bond acceptors (Lipinski definition) is 4. The summed E-state index contributed by atoms with van der Waals surface area (Å²) in [5, 5.41) is 2.18. The van der Waals surface area contributed by atoms with E-state index < -0.39 is 0 Å². The summed E-state index contributed by atoms with van der Waals surface area (Å²) in [6.07, 6.45) is 0. The van der Waals surface area contributed by atoms with Crippen molar-refractivity contribution >= 4 is 37.9 Å². The van der Waals surface area contributed by atoms with Gasteiger partial charge in [-0.05, 0) is 30.3 Å². The smallest absolute Gasteiger partial charge is 0.164 e. The summed E-state index contributed by atoms with van der Waals surface area (Å²) < 4.78 is 7.06. The van der Waals surface area contributed by atoms with Crippen LogP contribution in [0.25, 0.3) is 56.1 Å². The molecule has 32 heavy (non-hydrogen) atoms. The van der Waals surface area contributed by atoms with E-state index in [1.54, 1.807) is 0 Å². The van der Waals surface area contributed by atoms with Gasteiger partial charge in [0.2, 0.25) is 0 Å². The van der Waals surface area contributed by atoms with Crippen LogP contribution in [0.15, 0.2) is 106 Å². The molecule has 4 aromatic carbocycles. The zero-order chi connectivity index (χ0) is 21.5. The van der Waals surface area contributed by atoms with E-state index in [-0.39, 0.29) is 0 Å². The van der Waals surface area contributed by atoms with Gasteiger partial charge in [-0.3, -0.25) is 0 Å². The molecule has 5 heteroatoms. The Morgan fingerprint density at radius 1 is 0.500 bits per heavy atom. The number of para-hydroxylation sites is 1. The molecule has 0 atom stereocenters. The largest absolute Gasteiger partial charge is 0.456 e. The van der Waals surface area contributed by atoms with Crippen LogP contribution >= 0.6 is 15.9 Å². The van der Waals surface area contributed by atoms with Crippen molar-refractivity contribution in [3.05, 3.63) is 102 Å². The second kappa shape index (κ2) is 7.70. The summed E-state index contributed by atoms with van der Waals surface area (Å²) in [6, 6.07) is 32.1. The maximum absolute atomic E-state index is 6.08. The number of nitrogens with zero attached hydrogens (tertiary/aromatic N) is 3. The Morgan fingerprint density at radius 2 is 1.12 bits per heavy atom. The topological polar surface area (TPSA) is 51.8 Å². The van der Waals surface area contributed by atoms with Crippen molar-refractivity contribution in [3.8, 4) is 34.2 Å². The fourth-order valence-corrected chi connectivity index (χ4v) is 4.24. The van der Waals surface area contributed by atoms with Gasteiger partial charge in [-0.15, -0.1) is 0 Å². The third kappa shape index (κ3) is 3.37. The Bertz CT molecular complexity index is 1590. The molecular weight excluding hydrogens is 462 g/mol. The van der Waals surface area contributed by atoms with Gasteiger partial charge in [0.05, 0.1) is 0 Å². The highest BCUT2D eigenvalue weighted by molar-refractivity contribution is 9.10. The van der Waals surface area contributed by atoms with Crippen molar-refractivity contribution in [1.82, 2.24) is 15.0 Å². The second-order valence-electron chi connectivity index (χ2n) is 7.49. The summed E-state index contributed by atoms with van der Waals surface area (Å²) in [5.41, 5.74) is 4.43. The molecule has 6 aromatic rings. The Morgan fingerprint density at radius 3 is 1.91 bits per heavy atom. The van der Waals surface area contributed by atoms with Crippen LogP contribution in [0.1, 0.15) is 0 Å². The average molecular weight is 478 g/mol. The number of furan rings is 1. The Kier molecular flexibility index (Phi) is 4.55. The quantitative estimate of drug-likeness (QED) is 0.264. The lowest BCUT2D eigenvalue weighted by Gasteiger charge is -2.08. The van der Waals surface area contributed by atoms with Crippen molar-refractivity contribution in [1.29, 1.82) is 0 Å². The lowest BCUT2D eigenvalue weighted by atomic mass is 10.1. The number of aromatic nitrogens is 3. The van der Waals surface area contributed by atoms with Gasteiger partial charge in [-0.25, -0.2) is 15.0 Å². The number of fused-ring (bicyclic) bond motifs is 3. The highest BCUT2D eigenvalue weighted by Gasteiger charge is 2.14. The number of rotatable bonds is 3. The molecule has 4 nitrogen and oxygen atoms in total. The molecule has 0 aliphatic heterocycles. The van der Waals surface area contributed by atoms with Crippen LogP contribution in [0.2, 0.25) is 0 Å². The van der Waals surface area contributed by atoms with Crippen LogP contribution in [0.5, 0.6) is 0 Å². The fraction of sp³-hybridized carbons (Fsp3) is 0. The van der Waals surface area contributed by atoms with Gasteiger partial charge in [0.1, 0.15) is 11.2 Å². The first-order chi connectivity index (χ1) is 15.7. The van der Waals surface area contributed by atoms with Crippen molar-refractivity contribution in [2.45, 2.75) is 0 Å². The number of halogens is 1. The van der Waals surface area contributed by atoms with E-state index >= 15 is 0 Å². The van der Waals surface area contributed by atoms with Crippen LogP contribution in [-0.2, 0) is 0 Å². The molecule has 0 fully saturated rings. The van der Waals surface area contributed by atoms with Gasteiger partial charge in [0.15, 0.2) is 17.5 Å². The first kappa shape index (κ1) is 18.9. The van der Waals surface area contributed by atoms with E-state index in [0.717, 1.165) is 43.1 Å². The predicted octanol–water partition coefficient (Wildman–Crippen LogP) is 7.53. The van der Waals surface area contributed by atoms with E-state index in [2.05, 4.69) is 28.1 Å². The van der Waals surface area contributed by atoms with E-state index in [4.69, 9.17) is 19.4 Å². The van der Waals surface area contributed by atoms with Crippen LogP contribution < -0.4 is 0 Å². The average Bonchev–Trinajstić information content (AvgIpc) is 3.22. The monoisotopic (exact) mass is 477 g/mol. The fourth-order valence-electron chi connectivity index (χ4n) is 3.84. The molecule has 0 N–H and O–H groups in total. The maximum atomic E-state index is 6.08. The van der Waals surface area contributed by atoms with Gasteiger partial charge in [-0.1, -0.05) is 82.7 Å². The Hall–Kier alpha value is -3.83. The molecule has 152 valence electrons. The van der Waals surface area contributed by atoms with Crippen LogP contribution in [0.4, 0.5) is 0 Å². The zero-order valence-corrected chi connectivity index (χ0v) is 18.5. The summed E-state index contributed by atoms with van der Waals surface area (Å²) in [4.78, 5) is 14.4. The maximum Gasteiger partial charge on any atom is 0.164 e. The third-order valence-corrected chi connectivity index (χ3v) is 5.88. The van der Waals surface area contributed by atoms with Crippen LogP contribution in [0.3, 0.4) is 0 Å². The molecule has 2 heterocycles. The highest BCUT2D eigenvalue weighted by atomic mass is 79.9. The molecule has 0 spiro atoms. The van der Waals surface area contributed by atoms with Crippen molar-refractivity contribution in [3.63, 3.8) is 0 Å². The standard InChI is InChI=1S/C27H16BrN3O/c28-20-10-6-9-18(15-20)26-29-25(17-7-2-1-3-8-17)30-27(31-26)19-13-14-22-21-11-4-5-12-23(21)32-24(22)16-19/h1-16H. The molecule has 0 bridgehead atoms. The number of benzene rings is 4.